The van der Waals surface area contributed by atoms with Gasteiger partial charge in [-0.25, -0.2) is 19.6 Å². The standard InChI is InChI=1S/C65H68N4O13SSi2/c1-35-24-38(54(70)14-9-10-23-81-65-62(73)61(72)60(71)55(82-65)34-83(78,79)80)28-39(25-35)57-48-17-15-46(66-48)56(37-12-11-13-44(31-37)84(3,4)5)47-16-18-52(67-47)59(41-30-43(64(76)77)33-45(32-41)85(6,7)8)53-22-21-51(69-53)58(50-20-19-49(57)68-50)40-26-36(2)27-42(29-40)63(74)75/h11-13,15-22,24-33,55,60-62,65-66,69,71-73H,9-10,14,23,34H2,1-8H3,(H,74,75)(H,76,77)(H,78,79,80)/t55-,60-,61+,62-,65?/m1/s1. The van der Waals surface area contributed by atoms with Gasteiger partial charge in [0.15, 0.2) is 12.1 Å². The number of H-pyrrole nitrogens is 2. The Bertz CT molecular complexity index is 4210. The van der Waals surface area contributed by atoms with Crippen molar-refractivity contribution in [3.05, 3.63) is 154 Å². The molecule has 1 unspecified atom stereocenters. The number of aryl methyl sites for hydroxylation is 2. The van der Waals surface area contributed by atoms with Crippen molar-refractivity contribution in [3.63, 3.8) is 0 Å². The Morgan fingerprint density at radius 2 is 1.00 bits per heavy atom. The summed E-state index contributed by atoms with van der Waals surface area (Å²) in [6.07, 6.45) is 0.0747. The summed E-state index contributed by atoms with van der Waals surface area (Å²) in [5.41, 5.74) is 12.7. The van der Waals surface area contributed by atoms with Gasteiger partial charge in [-0.15, -0.1) is 0 Å². The Hall–Kier alpha value is -7.77. The van der Waals surface area contributed by atoms with Crippen LogP contribution >= 0.6 is 0 Å². The highest BCUT2D eigenvalue weighted by Crippen LogP contribution is 2.40. The molecule has 5 atom stereocenters. The molecule has 0 aliphatic carbocycles. The summed E-state index contributed by atoms with van der Waals surface area (Å²) in [7, 11) is -8.59. The van der Waals surface area contributed by atoms with E-state index < -0.39 is 74.7 Å². The fourth-order valence-corrected chi connectivity index (χ4v) is 14.2. The third-order valence-corrected chi connectivity index (χ3v) is 20.3. The summed E-state index contributed by atoms with van der Waals surface area (Å²) in [6.45, 7) is 17.1. The molecule has 0 radical (unpaired) electrons. The molecular formula is C65H68N4O13SSi2. The maximum absolute atomic E-state index is 14.3. The summed E-state index contributed by atoms with van der Waals surface area (Å²) in [4.78, 5) is 58.3. The number of benzene rings is 4. The number of unbranched alkanes of at least 4 members (excludes halogenated alkanes) is 1. The van der Waals surface area contributed by atoms with E-state index >= 15 is 0 Å². The molecule has 3 aliphatic rings. The lowest BCUT2D eigenvalue weighted by Crippen LogP contribution is -2.59. The Labute approximate surface area is 494 Å². The molecule has 85 heavy (non-hydrogen) atoms. The van der Waals surface area contributed by atoms with Crippen LogP contribution in [0.5, 0.6) is 0 Å². The fraction of sp³-hybridized carbons (Fsp3) is 0.277. The summed E-state index contributed by atoms with van der Waals surface area (Å²) in [5, 5.41) is 54.3. The van der Waals surface area contributed by atoms with Crippen molar-refractivity contribution in [2.75, 3.05) is 12.4 Å². The van der Waals surface area contributed by atoms with Crippen molar-refractivity contribution in [2.45, 2.75) is 103 Å². The van der Waals surface area contributed by atoms with Gasteiger partial charge in [-0.2, -0.15) is 8.42 Å². The Kier molecular flexibility index (Phi) is 16.8. The molecular weight excluding hydrogens is 1130 g/mol. The average molecular weight is 1200 g/mol. The topological polar surface area (TPSA) is 283 Å². The van der Waals surface area contributed by atoms with Crippen LogP contribution < -0.4 is 10.4 Å². The van der Waals surface area contributed by atoms with E-state index in [4.69, 9.17) is 19.4 Å². The van der Waals surface area contributed by atoms with E-state index in [1.807, 2.05) is 86.7 Å². The number of nitrogens with one attached hydrogen (secondary N) is 2. The molecule has 20 heteroatoms. The van der Waals surface area contributed by atoms with Gasteiger partial charge >= 0.3 is 11.9 Å². The number of carboxylic acid groups (broad SMARTS) is 2. The lowest BCUT2D eigenvalue weighted by atomic mass is 9.96. The Balaban J connectivity index is 1.17. The van der Waals surface area contributed by atoms with Gasteiger partial charge in [0.1, 0.15) is 30.2 Å². The molecule has 10 rings (SSSR count). The van der Waals surface area contributed by atoms with Crippen LogP contribution in [-0.2, 0) is 19.6 Å². The highest BCUT2D eigenvalue weighted by Gasteiger charge is 2.45. The third-order valence-electron chi connectivity index (χ3n) is 15.5. The molecule has 0 spiro atoms. The molecule has 1 saturated heterocycles. The maximum Gasteiger partial charge on any atom is 0.335 e. The zero-order chi connectivity index (χ0) is 61.0. The minimum Gasteiger partial charge on any atom is -0.478 e. The molecule has 3 aliphatic heterocycles. The summed E-state index contributed by atoms with van der Waals surface area (Å²) >= 11 is 0. The van der Waals surface area contributed by atoms with Gasteiger partial charge in [0.2, 0.25) is 0 Å². The zero-order valence-electron chi connectivity index (χ0n) is 48.4. The first-order valence-corrected chi connectivity index (χ1v) is 36.6. The van der Waals surface area contributed by atoms with Crippen molar-refractivity contribution < 1.29 is 62.4 Å². The summed E-state index contributed by atoms with van der Waals surface area (Å²) < 4.78 is 43.5. The number of ether oxygens (including phenoxy) is 2. The Morgan fingerprint density at radius 1 is 0.553 bits per heavy atom. The first-order chi connectivity index (χ1) is 40.1. The van der Waals surface area contributed by atoms with Crippen molar-refractivity contribution >= 4 is 101 Å². The number of Topliss-reactive ketones (excluding diaryl/α,β-unsaturated/α-hetero) is 1. The van der Waals surface area contributed by atoms with Gasteiger partial charge in [0, 0.05) is 62.9 Å². The SMILES string of the molecule is Cc1cc(C(=O)O)cc(-c2c3nc(c(-c4cc(C)cc(C(=O)CCCCOC5O[C@H](CS(=O)(=O)O)[C@@H](O)[C@H](O)[C@H]5O)c4)c4ccc([nH]4)c(-c4cccc([Si](C)(C)C)c4)c4nc(c(-c5cc(C(=O)O)cc([Si](C)(C)C)c5)c5ccc2[nH]5)C=C4)C=C3)c1. The predicted molar refractivity (Wildman–Crippen MR) is 337 cm³/mol. The molecule has 8 N–H and O–H groups in total. The van der Waals surface area contributed by atoms with E-state index in [2.05, 4.69) is 79.6 Å². The molecule has 7 aromatic rings. The molecule has 17 nitrogen and oxygen atoms in total. The number of aromatic amines is 2. The smallest absolute Gasteiger partial charge is 0.335 e. The van der Waals surface area contributed by atoms with E-state index in [1.165, 1.54) is 5.19 Å². The first kappa shape index (κ1) is 60.4. The zero-order valence-corrected chi connectivity index (χ0v) is 51.2. The minimum atomic E-state index is -4.61. The average Bonchev–Trinajstić information content (AvgIpc) is 2.13. The van der Waals surface area contributed by atoms with Crippen molar-refractivity contribution in [2.24, 2.45) is 0 Å². The van der Waals surface area contributed by atoms with Gasteiger partial charge in [0.25, 0.3) is 10.1 Å². The number of hydrogen-bond acceptors (Lipinski definition) is 12. The van der Waals surface area contributed by atoms with Crippen LogP contribution in [-0.4, -0.2) is 135 Å². The number of hydrogen-bond donors (Lipinski definition) is 8. The second-order valence-electron chi connectivity index (χ2n) is 24.2. The lowest BCUT2D eigenvalue weighted by Gasteiger charge is -2.39. The number of aromatic carboxylic acids is 2. The number of aromatic nitrogens is 4. The third kappa shape index (κ3) is 13.1. The van der Waals surface area contributed by atoms with Gasteiger partial charge < -0.3 is 45.0 Å². The monoisotopic (exact) mass is 1200 g/mol. The lowest BCUT2D eigenvalue weighted by molar-refractivity contribution is -0.292. The number of rotatable bonds is 17. The van der Waals surface area contributed by atoms with E-state index in [0.717, 1.165) is 27.4 Å². The predicted octanol–water partition coefficient (Wildman–Crippen LogP) is 10.5. The number of carbonyl (C=O) groups is 3. The van der Waals surface area contributed by atoms with E-state index in [1.54, 1.807) is 24.3 Å². The number of carbonyl (C=O) groups excluding carboxylic acids is 1. The molecule has 6 heterocycles. The van der Waals surface area contributed by atoms with Gasteiger partial charge in [-0.05, 0) is 145 Å². The summed E-state index contributed by atoms with van der Waals surface area (Å²) in [6, 6.07) is 32.7. The van der Waals surface area contributed by atoms with Crippen molar-refractivity contribution in [3.8, 4) is 44.5 Å². The van der Waals surface area contributed by atoms with Crippen LogP contribution in [0.1, 0.15) is 84.2 Å². The minimum absolute atomic E-state index is 0.0564. The number of aliphatic hydroxyl groups is 3. The molecule has 0 saturated carbocycles. The number of ketones is 1. The quantitative estimate of drug-likeness (QED) is 0.0182. The number of fused-ring (bicyclic) bond motifs is 8. The van der Waals surface area contributed by atoms with Crippen LogP contribution in [0.25, 0.3) is 90.9 Å². The van der Waals surface area contributed by atoms with E-state index in [0.29, 0.717) is 96.7 Å². The maximum atomic E-state index is 14.3. The molecule has 440 valence electrons. The Morgan fingerprint density at radius 3 is 1.48 bits per heavy atom. The van der Waals surface area contributed by atoms with Crippen molar-refractivity contribution in [1.29, 1.82) is 0 Å². The van der Waals surface area contributed by atoms with Crippen LogP contribution in [0.15, 0.2) is 103 Å². The number of aliphatic hydroxyl groups excluding tert-OH is 3. The van der Waals surface area contributed by atoms with E-state index in [9.17, 15) is 52.9 Å². The highest BCUT2D eigenvalue weighted by molar-refractivity contribution is 7.85. The van der Waals surface area contributed by atoms with Gasteiger partial charge in [0.05, 0.1) is 50.1 Å². The molecule has 8 bridgehead atoms. The largest absolute Gasteiger partial charge is 0.478 e. The van der Waals surface area contributed by atoms with Gasteiger partial charge in [-0.1, -0.05) is 92.1 Å². The van der Waals surface area contributed by atoms with E-state index in [-0.39, 0.29) is 29.9 Å². The normalized spacial score (nSPS) is 18.0. The van der Waals surface area contributed by atoms with Crippen LogP contribution in [0, 0.1) is 13.8 Å². The van der Waals surface area contributed by atoms with Crippen LogP contribution in [0.4, 0.5) is 0 Å². The molecule has 3 aromatic heterocycles. The van der Waals surface area contributed by atoms with Crippen LogP contribution in [0.2, 0.25) is 39.3 Å². The number of carboxylic acids is 2. The first-order valence-electron chi connectivity index (χ1n) is 28.0. The second kappa shape index (κ2) is 23.6. The van der Waals surface area contributed by atoms with Crippen LogP contribution in [0.3, 0.4) is 0 Å². The molecule has 4 aromatic carbocycles. The molecule has 0 amide bonds. The fourth-order valence-electron chi connectivity index (χ4n) is 11.2. The molecule has 1 fully saturated rings. The second-order valence-corrected chi connectivity index (χ2v) is 35.8. The summed E-state index contributed by atoms with van der Waals surface area (Å²) in [5.74, 6) is -3.35. The van der Waals surface area contributed by atoms with Gasteiger partial charge in [-0.3, -0.25) is 9.35 Å². The highest BCUT2D eigenvalue weighted by atomic mass is 32.2. The van der Waals surface area contributed by atoms with Crippen molar-refractivity contribution in [1.82, 2.24) is 19.9 Å². The number of nitrogens with zero attached hydrogens (tertiary/aromatic N) is 2.